The summed E-state index contributed by atoms with van der Waals surface area (Å²) in [5.74, 6) is -0.337. The SMILES string of the molecule is C=C(C)C(=O)OCc1cc(C)ccc1C. The standard InChI is InChI=1S/C13H16O2/c1-9(2)13(14)15-8-12-7-10(3)5-6-11(12)4/h5-7H,1,8H2,2-4H3. The second-order valence-electron chi connectivity index (χ2n) is 3.79. The van der Waals surface area contributed by atoms with Gasteiger partial charge in [0.1, 0.15) is 6.61 Å². The van der Waals surface area contributed by atoms with Crippen molar-refractivity contribution in [1.29, 1.82) is 0 Å². The molecule has 0 atom stereocenters. The molecule has 1 aromatic carbocycles. The summed E-state index contributed by atoms with van der Waals surface area (Å²) in [4.78, 5) is 11.2. The van der Waals surface area contributed by atoms with Crippen LogP contribution in [0.1, 0.15) is 23.6 Å². The minimum absolute atomic E-state index is 0.319. The van der Waals surface area contributed by atoms with Gasteiger partial charge in [0.05, 0.1) is 0 Å². The number of benzene rings is 1. The second-order valence-corrected chi connectivity index (χ2v) is 3.79. The quantitative estimate of drug-likeness (QED) is 0.559. The van der Waals surface area contributed by atoms with Crippen LogP contribution >= 0.6 is 0 Å². The van der Waals surface area contributed by atoms with Crippen LogP contribution in [0.25, 0.3) is 0 Å². The monoisotopic (exact) mass is 204 g/mol. The Balaban J connectivity index is 2.69. The molecule has 0 heterocycles. The molecule has 1 rings (SSSR count). The van der Waals surface area contributed by atoms with Crippen LogP contribution < -0.4 is 0 Å². The maximum absolute atomic E-state index is 11.2. The molecule has 2 heteroatoms. The van der Waals surface area contributed by atoms with Crippen LogP contribution in [0.15, 0.2) is 30.4 Å². The highest BCUT2D eigenvalue weighted by molar-refractivity contribution is 5.86. The van der Waals surface area contributed by atoms with Gasteiger partial charge in [0, 0.05) is 5.57 Å². The fraction of sp³-hybridized carbons (Fsp3) is 0.308. The van der Waals surface area contributed by atoms with Gasteiger partial charge in [-0.3, -0.25) is 0 Å². The Labute approximate surface area is 90.6 Å². The highest BCUT2D eigenvalue weighted by Gasteiger charge is 2.05. The molecule has 0 saturated carbocycles. The maximum Gasteiger partial charge on any atom is 0.333 e. The molecule has 1 aromatic rings. The van der Waals surface area contributed by atoms with Crippen molar-refractivity contribution >= 4 is 5.97 Å². The Morgan fingerprint density at radius 2 is 2.07 bits per heavy atom. The van der Waals surface area contributed by atoms with Crippen LogP contribution in [0.3, 0.4) is 0 Å². The Morgan fingerprint density at radius 1 is 1.40 bits per heavy atom. The number of aryl methyl sites for hydroxylation is 2. The van der Waals surface area contributed by atoms with E-state index in [4.69, 9.17) is 4.74 Å². The third-order valence-electron chi connectivity index (χ3n) is 2.21. The third kappa shape index (κ3) is 3.24. The van der Waals surface area contributed by atoms with Crippen molar-refractivity contribution in [2.75, 3.05) is 0 Å². The highest BCUT2D eigenvalue weighted by atomic mass is 16.5. The maximum atomic E-state index is 11.2. The van der Waals surface area contributed by atoms with E-state index in [1.54, 1.807) is 6.92 Å². The lowest BCUT2D eigenvalue weighted by Crippen LogP contribution is -2.05. The molecular weight excluding hydrogens is 188 g/mol. The largest absolute Gasteiger partial charge is 0.457 e. The van der Waals surface area contributed by atoms with E-state index in [2.05, 4.69) is 6.58 Å². The molecule has 80 valence electrons. The van der Waals surface area contributed by atoms with Gasteiger partial charge in [-0.25, -0.2) is 4.79 Å². The molecule has 0 aliphatic heterocycles. The molecule has 0 aliphatic rings. The van der Waals surface area contributed by atoms with Gasteiger partial charge in [-0.15, -0.1) is 0 Å². The van der Waals surface area contributed by atoms with E-state index in [0.717, 1.165) is 11.1 Å². The first-order valence-corrected chi connectivity index (χ1v) is 4.89. The number of rotatable bonds is 3. The zero-order chi connectivity index (χ0) is 11.4. The second kappa shape index (κ2) is 4.78. The van der Waals surface area contributed by atoms with Crippen LogP contribution in [0.2, 0.25) is 0 Å². The number of carbonyl (C=O) groups is 1. The first kappa shape index (κ1) is 11.5. The van der Waals surface area contributed by atoms with E-state index in [1.807, 2.05) is 32.0 Å². The van der Waals surface area contributed by atoms with Crippen molar-refractivity contribution in [1.82, 2.24) is 0 Å². The van der Waals surface area contributed by atoms with Gasteiger partial charge in [-0.05, 0) is 31.9 Å². The molecule has 0 aromatic heterocycles. The molecule has 0 amide bonds. The molecule has 0 fully saturated rings. The lowest BCUT2D eigenvalue weighted by molar-refractivity contribution is -0.140. The molecule has 0 bridgehead atoms. The van der Waals surface area contributed by atoms with Crippen molar-refractivity contribution in [3.05, 3.63) is 47.0 Å². The summed E-state index contributed by atoms with van der Waals surface area (Å²) in [5.41, 5.74) is 3.78. The van der Waals surface area contributed by atoms with Crippen LogP contribution in [-0.4, -0.2) is 5.97 Å². The summed E-state index contributed by atoms with van der Waals surface area (Å²) in [6.45, 7) is 9.52. The van der Waals surface area contributed by atoms with Crippen LogP contribution in [0.4, 0.5) is 0 Å². The molecule has 0 spiro atoms. The van der Waals surface area contributed by atoms with E-state index in [-0.39, 0.29) is 5.97 Å². The molecule has 0 radical (unpaired) electrons. The van der Waals surface area contributed by atoms with E-state index in [1.165, 1.54) is 5.56 Å². The first-order chi connectivity index (χ1) is 7.00. The van der Waals surface area contributed by atoms with Gasteiger partial charge in [0.25, 0.3) is 0 Å². The molecule has 0 aliphatic carbocycles. The number of carbonyl (C=O) groups excluding carboxylic acids is 1. The minimum atomic E-state index is -0.337. The predicted octanol–water partition coefficient (Wildman–Crippen LogP) is 2.92. The zero-order valence-corrected chi connectivity index (χ0v) is 9.46. The van der Waals surface area contributed by atoms with Gasteiger partial charge in [0.2, 0.25) is 0 Å². The van der Waals surface area contributed by atoms with Gasteiger partial charge < -0.3 is 4.74 Å². The van der Waals surface area contributed by atoms with Crippen LogP contribution in [0.5, 0.6) is 0 Å². The fourth-order valence-electron chi connectivity index (χ4n) is 1.22. The number of esters is 1. The Kier molecular flexibility index (Phi) is 3.67. The predicted molar refractivity (Wildman–Crippen MR) is 60.5 cm³/mol. The molecule has 0 unspecified atom stereocenters. The van der Waals surface area contributed by atoms with Crippen molar-refractivity contribution in [2.24, 2.45) is 0 Å². The van der Waals surface area contributed by atoms with Crippen molar-refractivity contribution in [2.45, 2.75) is 27.4 Å². The number of hydrogen-bond donors (Lipinski definition) is 0. The molecule has 15 heavy (non-hydrogen) atoms. The average Bonchev–Trinajstić information content (AvgIpc) is 2.18. The lowest BCUT2D eigenvalue weighted by atomic mass is 10.1. The fourth-order valence-corrected chi connectivity index (χ4v) is 1.22. The van der Waals surface area contributed by atoms with Crippen molar-refractivity contribution in [3.8, 4) is 0 Å². The van der Waals surface area contributed by atoms with Crippen LogP contribution in [0, 0.1) is 13.8 Å². The van der Waals surface area contributed by atoms with Gasteiger partial charge >= 0.3 is 5.97 Å². The molecular formula is C13H16O2. The summed E-state index contributed by atoms with van der Waals surface area (Å²) >= 11 is 0. The Bertz CT molecular complexity index is 392. The summed E-state index contributed by atoms with van der Waals surface area (Å²) in [6, 6.07) is 6.10. The van der Waals surface area contributed by atoms with E-state index in [9.17, 15) is 4.79 Å². The smallest absolute Gasteiger partial charge is 0.333 e. The van der Waals surface area contributed by atoms with E-state index in [0.29, 0.717) is 12.2 Å². The third-order valence-corrected chi connectivity index (χ3v) is 2.21. The van der Waals surface area contributed by atoms with E-state index < -0.39 is 0 Å². The molecule has 0 N–H and O–H groups in total. The first-order valence-electron chi connectivity index (χ1n) is 4.89. The topological polar surface area (TPSA) is 26.3 Å². The average molecular weight is 204 g/mol. The normalized spacial score (nSPS) is 9.80. The highest BCUT2D eigenvalue weighted by Crippen LogP contribution is 2.12. The summed E-state index contributed by atoms with van der Waals surface area (Å²) in [6.07, 6.45) is 0. The Hall–Kier alpha value is -1.57. The number of ether oxygens (including phenoxy) is 1. The lowest BCUT2D eigenvalue weighted by Gasteiger charge is -2.08. The number of hydrogen-bond acceptors (Lipinski definition) is 2. The Morgan fingerprint density at radius 3 is 2.67 bits per heavy atom. The summed E-state index contributed by atoms with van der Waals surface area (Å²) < 4.78 is 5.09. The van der Waals surface area contributed by atoms with Gasteiger partial charge in [0.15, 0.2) is 0 Å². The minimum Gasteiger partial charge on any atom is -0.457 e. The molecule has 2 nitrogen and oxygen atoms in total. The van der Waals surface area contributed by atoms with Crippen LogP contribution in [-0.2, 0) is 16.1 Å². The van der Waals surface area contributed by atoms with Gasteiger partial charge in [-0.1, -0.05) is 30.3 Å². The summed E-state index contributed by atoms with van der Waals surface area (Å²) in [7, 11) is 0. The van der Waals surface area contributed by atoms with Crippen molar-refractivity contribution < 1.29 is 9.53 Å². The van der Waals surface area contributed by atoms with Crippen molar-refractivity contribution in [3.63, 3.8) is 0 Å². The zero-order valence-electron chi connectivity index (χ0n) is 9.46. The molecule has 0 saturated heterocycles. The van der Waals surface area contributed by atoms with Gasteiger partial charge in [-0.2, -0.15) is 0 Å². The summed E-state index contributed by atoms with van der Waals surface area (Å²) in [5, 5.41) is 0. The van der Waals surface area contributed by atoms with E-state index >= 15 is 0 Å².